The molecule has 4 rings (SSSR count). The van der Waals surface area contributed by atoms with Gasteiger partial charge < -0.3 is 14.5 Å². The van der Waals surface area contributed by atoms with Crippen LogP contribution < -0.4 is 0 Å². The number of likely N-dealkylation sites (tertiary alicyclic amines) is 1. The molecule has 0 saturated carbocycles. The lowest BCUT2D eigenvalue weighted by Crippen LogP contribution is -2.52. The van der Waals surface area contributed by atoms with Gasteiger partial charge in [-0.1, -0.05) is 48.5 Å². The Kier molecular flexibility index (Phi) is 6.71. The second-order valence-corrected chi connectivity index (χ2v) is 8.92. The summed E-state index contributed by atoms with van der Waals surface area (Å²) >= 11 is 0. The number of amides is 2. The molecule has 0 radical (unpaired) electrons. The molecule has 164 valence electrons. The number of urea groups is 1. The number of aryl methyl sites for hydroxylation is 2. The number of benzene rings is 2. The summed E-state index contributed by atoms with van der Waals surface area (Å²) < 4.78 is 5.42. The van der Waals surface area contributed by atoms with Crippen LogP contribution in [-0.2, 0) is 4.74 Å². The molecule has 2 aliphatic rings. The molecule has 2 aromatic carbocycles. The van der Waals surface area contributed by atoms with Crippen molar-refractivity contribution in [1.29, 1.82) is 0 Å². The smallest absolute Gasteiger partial charge is 0.320 e. The van der Waals surface area contributed by atoms with E-state index in [-0.39, 0.29) is 23.7 Å². The number of ether oxygens (including phenoxy) is 1. The highest BCUT2D eigenvalue weighted by atomic mass is 16.5. The summed E-state index contributed by atoms with van der Waals surface area (Å²) in [4.78, 5) is 30.0. The van der Waals surface area contributed by atoms with Crippen molar-refractivity contribution in [3.8, 4) is 0 Å². The number of nitrogens with zero attached hydrogens (tertiary/aromatic N) is 2. The maximum Gasteiger partial charge on any atom is 0.320 e. The minimum Gasteiger partial charge on any atom is -0.378 e. The lowest BCUT2D eigenvalue weighted by atomic mass is 9.81. The van der Waals surface area contributed by atoms with Gasteiger partial charge in [0.1, 0.15) is 0 Å². The molecule has 2 aromatic rings. The first kappa shape index (κ1) is 21.6. The van der Waals surface area contributed by atoms with E-state index in [1.807, 2.05) is 40.1 Å². The van der Waals surface area contributed by atoms with Gasteiger partial charge >= 0.3 is 6.03 Å². The lowest BCUT2D eigenvalue weighted by Gasteiger charge is -2.41. The van der Waals surface area contributed by atoms with Crippen LogP contribution in [0.5, 0.6) is 0 Å². The summed E-state index contributed by atoms with van der Waals surface area (Å²) in [6.07, 6.45) is 1.40. The molecular weight excluding hydrogens is 388 g/mol. The summed E-state index contributed by atoms with van der Waals surface area (Å²) in [6, 6.07) is 16.2. The topological polar surface area (TPSA) is 49.9 Å². The third-order valence-corrected chi connectivity index (χ3v) is 6.66. The Morgan fingerprint density at radius 3 is 2.39 bits per heavy atom. The van der Waals surface area contributed by atoms with E-state index in [1.165, 1.54) is 16.7 Å². The van der Waals surface area contributed by atoms with Gasteiger partial charge in [0.15, 0.2) is 5.78 Å². The average molecular weight is 421 g/mol. The molecule has 0 aliphatic carbocycles. The van der Waals surface area contributed by atoms with Gasteiger partial charge in [0.2, 0.25) is 0 Å². The molecule has 0 N–H and O–H groups in total. The first-order valence-corrected chi connectivity index (χ1v) is 11.3. The molecule has 5 nitrogen and oxygen atoms in total. The van der Waals surface area contributed by atoms with Crippen LogP contribution in [0.15, 0.2) is 48.5 Å². The maximum absolute atomic E-state index is 13.3. The molecule has 0 bridgehead atoms. The third-order valence-electron chi connectivity index (χ3n) is 6.66. The third kappa shape index (κ3) is 5.16. The van der Waals surface area contributed by atoms with Crippen LogP contribution in [0, 0.1) is 19.8 Å². The van der Waals surface area contributed by atoms with E-state index in [1.54, 1.807) is 0 Å². The number of carbonyl (C=O) groups is 2. The van der Waals surface area contributed by atoms with Gasteiger partial charge in [0.05, 0.1) is 13.2 Å². The highest BCUT2D eigenvalue weighted by molar-refractivity contribution is 5.96. The molecule has 2 aliphatic heterocycles. The highest BCUT2D eigenvalue weighted by Gasteiger charge is 2.34. The fourth-order valence-electron chi connectivity index (χ4n) is 4.73. The molecule has 2 fully saturated rings. The van der Waals surface area contributed by atoms with E-state index in [0.717, 1.165) is 12.0 Å². The normalized spacial score (nSPS) is 21.7. The number of carbonyl (C=O) groups excluding carboxylic acids is 2. The van der Waals surface area contributed by atoms with Crippen LogP contribution in [0.25, 0.3) is 0 Å². The van der Waals surface area contributed by atoms with Crippen molar-refractivity contribution >= 4 is 11.8 Å². The second-order valence-electron chi connectivity index (χ2n) is 8.92. The van der Waals surface area contributed by atoms with Crippen LogP contribution in [-0.4, -0.2) is 61.0 Å². The maximum atomic E-state index is 13.3. The Balaban J connectivity index is 1.54. The van der Waals surface area contributed by atoms with E-state index < -0.39 is 0 Å². The van der Waals surface area contributed by atoms with Gasteiger partial charge in [-0.3, -0.25) is 4.79 Å². The van der Waals surface area contributed by atoms with Crippen molar-refractivity contribution in [3.05, 3.63) is 70.8 Å². The Morgan fingerprint density at radius 1 is 0.935 bits per heavy atom. The van der Waals surface area contributed by atoms with Gasteiger partial charge in [-0.2, -0.15) is 0 Å². The average Bonchev–Trinajstić information content (AvgIpc) is 2.81. The minimum absolute atomic E-state index is 0.0778. The summed E-state index contributed by atoms with van der Waals surface area (Å²) in [6.45, 7) is 8.05. The monoisotopic (exact) mass is 420 g/mol. The first-order valence-electron chi connectivity index (χ1n) is 11.3. The molecule has 2 saturated heterocycles. The zero-order chi connectivity index (χ0) is 21.8. The minimum atomic E-state index is 0.0778. The van der Waals surface area contributed by atoms with Gasteiger partial charge in [-0.25, -0.2) is 4.79 Å². The number of rotatable bonds is 4. The molecular formula is C26H32N2O3. The van der Waals surface area contributed by atoms with E-state index in [0.29, 0.717) is 45.8 Å². The Labute approximate surface area is 185 Å². The molecule has 0 spiro atoms. The predicted octanol–water partition coefficient (Wildman–Crippen LogP) is 4.43. The fourth-order valence-corrected chi connectivity index (χ4v) is 4.73. The van der Waals surface area contributed by atoms with Crippen molar-refractivity contribution in [2.75, 3.05) is 39.4 Å². The van der Waals surface area contributed by atoms with Crippen molar-refractivity contribution in [1.82, 2.24) is 9.80 Å². The van der Waals surface area contributed by atoms with Crippen molar-refractivity contribution in [3.63, 3.8) is 0 Å². The first-order chi connectivity index (χ1) is 15.0. The predicted molar refractivity (Wildman–Crippen MR) is 122 cm³/mol. The van der Waals surface area contributed by atoms with Gasteiger partial charge in [0, 0.05) is 44.1 Å². The molecule has 31 heavy (non-hydrogen) atoms. The van der Waals surface area contributed by atoms with E-state index in [2.05, 4.69) is 32.0 Å². The zero-order valence-electron chi connectivity index (χ0n) is 18.5. The summed E-state index contributed by atoms with van der Waals surface area (Å²) in [5.74, 6) is 0.551. The standard InChI is InChI=1S/C26H32N2O3/c1-19-8-9-23(14-20(19)2)24-15-21(16-25(29)22-6-4-3-5-7-22)17-28(18-24)26(30)27-10-12-31-13-11-27/h3-9,14,21,24H,10-13,15-18H2,1-2H3. The van der Waals surface area contributed by atoms with Crippen molar-refractivity contribution in [2.45, 2.75) is 32.6 Å². The van der Waals surface area contributed by atoms with E-state index >= 15 is 0 Å². The van der Waals surface area contributed by atoms with Crippen LogP contribution >= 0.6 is 0 Å². The summed E-state index contributed by atoms with van der Waals surface area (Å²) in [5, 5.41) is 0. The molecule has 2 heterocycles. The zero-order valence-corrected chi connectivity index (χ0v) is 18.5. The van der Waals surface area contributed by atoms with E-state index in [4.69, 9.17) is 4.74 Å². The number of morpholine rings is 1. The second kappa shape index (κ2) is 9.65. The summed E-state index contributed by atoms with van der Waals surface area (Å²) in [7, 11) is 0. The summed E-state index contributed by atoms with van der Waals surface area (Å²) in [5.41, 5.74) is 4.56. The number of piperidine rings is 1. The van der Waals surface area contributed by atoms with Crippen LogP contribution in [0.1, 0.15) is 45.8 Å². The largest absolute Gasteiger partial charge is 0.378 e. The number of ketones is 1. The Hall–Kier alpha value is -2.66. The lowest BCUT2D eigenvalue weighted by molar-refractivity contribution is 0.0374. The van der Waals surface area contributed by atoms with Crippen LogP contribution in [0.3, 0.4) is 0 Å². The van der Waals surface area contributed by atoms with Gasteiger partial charge in [-0.05, 0) is 42.9 Å². The fraction of sp³-hybridized carbons (Fsp3) is 0.462. The Bertz CT molecular complexity index is 922. The highest BCUT2D eigenvalue weighted by Crippen LogP contribution is 2.34. The van der Waals surface area contributed by atoms with E-state index in [9.17, 15) is 9.59 Å². The molecule has 5 heteroatoms. The van der Waals surface area contributed by atoms with Gasteiger partial charge in [-0.15, -0.1) is 0 Å². The molecule has 2 atom stereocenters. The van der Waals surface area contributed by atoms with Gasteiger partial charge in [0.25, 0.3) is 0 Å². The number of hydrogen-bond donors (Lipinski definition) is 0. The van der Waals surface area contributed by atoms with Crippen molar-refractivity contribution in [2.24, 2.45) is 5.92 Å². The van der Waals surface area contributed by atoms with Crippen LogP contribution in [0.4, 0.5) is 4.79 Å². The van der Waals surface area contributed by atoms with Crippen molar-refractivity contribution < 1.29 is 14.3 Å². The quantitative estimate of drug-likeness (QED) is 0.688. The Morgan fingerprint density at radius 2 is 1.68 bits per heavy atom. The molecule has 2 amide bonds. The molecule has 0 aromatic heterocycles. The molecule has 2 unspecified atom stereocenters. The number of Topliss-reactive ketones (excluding diaryl/α,β-unsaturated/α-hetero) is 1. The SMILES string of the molecule is Cc1ccc(C2CC(CC(=O)c3ccccc3)CN(C(=O)N3CCOCC3)C2)cc1C. The number of hydrogen-bond acceptors (Lipinski definition) is 3. The van der Waals surface area contributed by atoms with Crippen LogP contribution in [0.2, 0.25) is 0 Å².